The molecule has 0 fully saturated rings. The molecule has 0 aromatic rings. The van der Waals surface area contributed by atoms with Crippen molar-refractivity contribution in [1.29, 1.82) is 0 Å². The minimum Gasteiger partial charge on any atom is -0.547 e. The summed E-state index contributed by atoms with van der Waals surface area (Å²) in [7, 11) is 0. The Morgan fingerprint density at radius 2 is 0.551 bits per heavy atom. The largest absolute Gasteiger partial charge is 1.20 e. The molecule has 0 heterocycles. The summed E-state index contributed by atoms with van der Waals surface area (Å²) < 4.78 is 53.6. The highest BCUT2D eigenvalue weighted by atomic mass is 27.3. The summed E-state index contributed by atoms with van der Waals surface area (Å²) in [5.74, 6) is -8.20. The molecule has 0 spiro atoms. The zero-order valence-electron chi connectivity index (χ0n) is 32.3. The maximum absolute atomic E-state index is 14.0. The first-order valence-corrected chi connectivity index (χ1v) is 20.5. The summed E-state index contributed by atoms with van der Waals surface area (Å²) in [5.41, 5.74) is 0. The van der Waals surface area contributed by atoms with Crippen LogP contribution in [0.15, 0.2) is 0 Å². The van der Waals surface area contributed by atoms with Crippen molar-refractivity contribution in [2.24, 2.45) is 0 Å². The lowest BCUT2D eigenvalue weighted by atomic mass is 10.2. The lowest BCUT2D eigenvalue weighted by Crippen LogP contribution is -2.54. The quantitative estimate of drug-likeness (QED) is 0.0372. The zero-order valence-corrected chi connectivity index (χ0v) is 33.5. The van der Waals surface area contributed by atoms with E-state index in [1.807, 2.05) is 41.5 Å². The molecule has 0 aromatic carbocycles. The van der Waals surface area contributed by atoms with Crippen molar-refractivity contribution < 1.29 is 54.2 Å². The molecule has 13 heteroatoms. The molecule has 0 aliphatic rings. The van der Waals surface area contributed by atoms with Crippen molar-refractivity contribution in [2.75, 3.05) is 39.6 Å². The second-order valence-corrected chi connectivity index (χ2v) is 13.3. The average molecular weight is 721 g/mol. The van der Waals surface area contributed by atoms with Gasteiger partial charge in [-0.05, 0) is 38.5 Å². The summed E-state index contributed by atoms with van der Waals surface area (Å²) in [6.07, 6.45) is 9.44. The molecule has 0 saturated carbocycles. The summed E-state index contributed by atoms with van der Waals surface area (Å²) in [6.45, 7) is 18.7. The Morgan fingerprint density at radius 1 is 0.367 bits per heavy atom. The van der Waals surface area contributed by atoms with Crippen LogP contribution in [-0.4, -0.2) is 90.1 Å². The Bertz CT molecular complexity index is 732. The fourth-order valence-electron chi connectivity index (χ4n) is 4.42. The van der Waals surface area contributed by atoms with Gasteiger partial charge < -0.3 is 39.8 Å². The van der Waals surface area contributed by atoms with Gasteiger partial charge in [-0.25, -0.2) is 14.4 Å². The Labute approximate surface area is 302 Å². The molecule has 0 amide bonds. The van der Waals surface area contributed by atoms with E-state index in [1.54, 1.807) is 20.8 Å². The van der Waals surface area contributed by atoms with E-state index in [9.17, 15) is 14.4 Å². The Morgan fingerprint density at radius 3 is 0.694 bits per heavy atom. The lowest BCUT2D eigenvalue weighted by Gasteiger charge is -2.34. The van der Waals surface area contributed by atoms with Crippen molar-refractivity contribution in [2.45, 2.75) is 176 Å². The number of unbranched alkanes of at least 4 members (excludes halogenated alkanes) is 6. The monoisotopic (exact) mass is 720 g/mol. The third kappa shape index (κ3) is 17.2. The minimum absolute atomic E-state index is 0.112. The van der Waals surface area contributed by atoms with Crippen LogP contribution in [0, 0.1) is 0 Å². The molecule has 0 rings (SSSR count). The molecule has 0 bridgehead atoms. The Hall–Kier alpha value is -1.30. The first-order chi connectivity index (χ1) is 23.6. The van der Waals surface area contributed by atoms with Crippen LogP contribution >= 0.6 is 0 Å². The van der Waals surface area contributed by atoms with Crippen molar-refractivity contribution in [3.63, 3.8) is 0 Å². The number of rotatable bonds is 33. The SMILES string of the molecule is CCCCOC(CC)(OCCCC)C(=O)[O][Al]([O]C(=O)C(CC)(OCCCC)OCCCC)[O]C(=O)C(CC)(OCCCC)OCCCC. The van der Waals surface area contributed by atoms with Gasteiger partial charge >= 0.3 is 33.1 Å². The van der Waals surface area contributed by atoms with Gasteiger partial charge in [0.05, 0.1) is 39.6 Å². The third-order valence-corrected chi connectivity index (χ3v) is 9.16. The molecular formula is C36H69AlO12. The Kier molecular flexibility index (Phi) is 27.6. The smallest absolute Gasteiger partial charge is 0.547 e. The van der Waals surface area contributed by atoms with Gasteiger partial charge in [0.25, 0.3) is 17.4 Å². The summed E-state index contributed by atoms with van der Waals surface area (Å²) >= 11 is -4.02. The van der Waals surface area contributed by atoms with Crippen molar-refractivity contribution in [3.8, 4) is 0 Å². The molecule has 12 nitrogen and oxygen atoms in total. The number of hydrogen-bond acceptors (Lipinski definition) is 12. The van der Waals surface area contributed by atoms with Gasteiger partial charge in [0.1, 0.15) is 0 Å². The number of hydrogen-bond donors (Lipinski definition) is 0. The molecule has 0 aromatic heterocycles. The normalized spacial score (nSPS) is 12.2. The van der Waals surface area contributed by atoms with Crippen LogP contribution in [0.2, 0.25) is 0 Å². The van der Waals surface area contributed by atoms with E-state index in [1.165, 1.54) is 0 Å². The van der Waals surface area contributed by atoms with E-state index in [2.05, 4.69) is 0 Å². The molecule has 0 aliphatic heterocycles. The third-order valence-electron chi connectivity index (χ3n) is 7.94. The van der Waals surface area contributed by atoms with Gasteiger partial charge in [-0.15, -0.1) is 0 Å². The Balaban J connectivity index is 6.78. The summed E-state index contributed by atoms with van der Waals surface area (Å²) in [6, 6.07) is 0. The van der Waals surface area contributed by atoms with E-state index >= 15 is 0 Å². The molecule has 0 N–H and O–H groups in total. The number of carbonyl (C=O) groups excluding carboxylic acids is 3. The molecule has 0 unspecified atom stereocenters. The van der Waals surface area contributed by atoms with Crippen molar-refractivity contribution in [1.82, 2.24) is 0 Å². The first kappa shape index (κ1) is 47.7. The van der Waals surface area contributed by atoms with Crippen molar-refractivity contribution in [3.05, 3.63) is 0 Å². The number of ether oxygens (including phenoxy) is 6. The molecule has 288 valence electrons. The van der Waals surface area contributed by atoms with E-state index in [4.69, 9.17) is 39.8 Å². The van der Waals surface area contributed by atoms with Gasteiger partial charge in [0.15, 0.2) is 0 Å². The van der Waals surface area contributed by atoms with Crippen LogP contribution in [0.3, 0.4) is 0 Å². The van der Waals surface area contributed by atoms with Gasteiger partial charge in [-0.1, -0.05) is 101 Å². The van der Waals surface area contributed by atoms with E-state index in [0.29, 0.717) is 38.5 Å². The number of carbonyl (C=O) groups is 3. The molecule has 49 heavy (non-hydrogen) atoms. The first-order valence-electron chi connectivity index (χ1n) is 19.1. The maximum atomic E-state index is 14.0. The summed E-state index contributed by atoms with van der Waals surface area (Å²) in [5, 5.41) is 0. The standard InChI is InChI=1S/3C12H24O4.Al/c3*1-4-7-9-15-12(6-3,11(13)14)16-10-8-5-2;/h3*4-10H2,1-3H3,(H,13,14);/q;;;+3/p-3. The highest BCUT2D eigenvalue weighted by molar-refractivity contribution is 6.44. The van der Waals surface area contributed by atoms with Gasteiger partial charge in [-0.2, -0.15) is 0 Å². The van der Waals surface area contributed by atoms with Crippen LogP contribution in [0.1, 0.15) is 159 Å². The molecule has 0 saturated heterocycles. The average Bonchev–Trinajstić information content (AvgIpc) is 3.09. The highest BCUT2D eigenvalue weighted by Crippen LogP contribution is 2.27. The van der Waals surface area contributed by atoms with E-state index in [-0.39, 0.29) is 58.9 Å². The van der Waals surface area contributed by atoms with E-state index in [0.717, 1.165) is 38.5 Å². The van der Waals surface area contributed by atoms with E-state index < -0.39 is 50.4 Å². The van der Waals surface area contributed by atoms with Crippen molar-refractivity contribution >= 4 is 33.1 Å². The van der Waals surface area contributed by atoms with Gasteiger partial charge in [-0.3, -0.25) is 0 Å². The molecule has 0 aliphatic carbocycles. The van der Waals surface area contributed by atoms with Crippen LogP contribution in [-0.2, 0) is 54.2 Å². The molecular weight excluding hydrogens is 651 g/mol. The second kappa shape index (κ2) is 28.3. The van der Waals surface area contributed by atoms with Gasteiger partial charge in [0, 0.05) is 19.3 Å². The summed E-state index contributed by atoms with van der Waals surface area (Å²) in [4.78, 5) is 42.0. The molecule has 0 atom stereocenters. The molecule has 0 radical (unpaired) electrons. The van der Waals surface area contributed by atoms with Crippen LogP contribution < -0.4 is 0 Å². The fourth-order valence-corrected chi connectivity index (χ4v) is 5.62. The lowest BCUT2D eigenvalue weighted by molar-refractivity contribution is -0.255. The van der Waals surface area contributed by atoms with Gasteiger partial charge in [0.2, 0.25) is 0 Å². The minimum atomic E-state index is -4.02. The predicted octanol–water partition coefficient (Wildman–Crippen LogP) is 7.82. The predicted molar refractivity (Wildman–Crippen MR) is 188 cm³/mol. The maximum Gasteiger partial charge on any atom is 1.20 e. The van der Waals surface area contributed by atoms with Crippen LogP contribution in [0.4, 0.5) is 0 Å². The van der Waals surface area contributed by atoms with Crippen LogP contribution in [0.25, 0.3) is 0 Å². The topological polar surface area (TPSA) is 134 Å². The zero-order chi connectivity index (χ0) is 37.0. The second-order valence-electron chi connectivity index (χ2n) is 12.0. The highest BCUT2D eigenvalue weighted by Gasteiger charge is 2.59. The van der Waals surface area contributed by atoms with Crippen LogP contribution in [0.5, 0.6) is 0 Å². The fraction of sp³-hybridized carbons (Fsp3) is 0.917.